The molecule has 5 aromatic rings. The van der Waals surface area contributed by atoms with Gasteiger partial charge in [0, 0.05) is 28.2 Å². The van der Waals surface area contributed by atoms with Gasteiger partial charge in [0.1, 0.15) is 5.25 Å². The molecule has 1 N–H and O–H groups in total. The molecule has 5 nitrogen and oxygen atoms in total. The van der Waals surface area contributed by atoms with E-state index in [2.05, 4.69) is 15.2 Å². The molecule has 0 radical (unpaired) electrons. The van der Waals surface area contributed by atoms with Crippen molar-refractivity contribution in [2.45, 2.75) is 10.5 Å². The molecule has 0 saturated heterocycles. The number of carbonyl (C=O) groups is 1. The average molecular weight is 411 g/mol. The first-order valence-electron chi connectivity index (χ1n) is 9.50. The Morgan fingerprint density at radius 1 is 0.867 bits per heavy atom. The Bertz CT molecular complexity index is 1300. The number of nitrogens with one attached hydrogen (secondary N) is 1. The fourth-order valence-corrected chi connectivity index (χ4v) is 4.32. The molecule has 0 aliphatic heterocycles. The standard InChI is InChI=1S/C24H17N3O2S/c28-21(19-15-25-20-14-8-7-13-18(19)20)22(16-9-3-1-4-10-16)30-24-27-26-23(29-24)17-11-5-2-6-12-17/h1-15,22,25H/t22-/m1/s1. The van der Waals surface area contributed by atoms with Crippen LogP contribution in [0.1, 0.15) is 21.2 Å². The van der Waals surface area contributed by atoms with Gasteiger partial charge in [0.25, 0.3) is 5.22 Å². The Morgan fingerprint density at radius 3 is 2.37 bits per heavy atom. The van der Waals surface area contributed by atoms with Gasteiger partial charge in [0.15, 0.2) is 5.78 Å². The van der Waals surface area contributed by atoms with Crippen molar-refractivity contribution in [2.24, 2.45) is 0 Å². The van der Waals surface area contributed by atoms with Crippen molar-refractivity contribution >= 4 is 28.4 Å². The second-order valence-corrected chi connectivity index (χ2v) is 7.82. The lowest BCUT2D eigenvalue weighted by molar-refractivity contribution is 0.0990. The van der Waals surface area contributed by atoms with Crippen LogP contribution in [0.4, 0.5) is 0 Å². The predicted octanol–water partition coefficient (Wildman–Crippen LogP) is 5.93. The quantitative estimate of drug-likeness (QED) is 0.277. The third kappa shape index (κ3) is 3.53. The summed E-state index contributed by atoms with van der Waals surface area (Å²) in [5.41, 5.74) is 3.31. The van der Waals surface area contributed by atoms with Crippen LogP contribution in [0.2, 0.25) is 0 Å². The summed E-state index contributed by atoms with van der Waals surface area (Å²) in [4.78, 5) is 16.8. The van der Waals surface area contributed by atoms with Gasteiger partial charge in [0.2, 0.25) is 5.89 Å². The molecule has 2 heterocycles. The maximum Gasteiger partial charge on any atom is 0.277 e. The van der Waals surface area contributed by atoms with Crippen LogP contribution >= 0.6 is 11.8 Å². The lowest BCUT2D eigenvalue weighted by Gasteiger charge is -2.13. The number of rotatable bonds is 6. The summed E-state index contributed by atoms with van der Waals surface area (Å²) >= 11 is 1.27. The van der Waals surface area contributed by atoms with Crippen molar-refractivity contribution in [2.75, 3.05) is 0 Å². The van der Waals surface area contributed by atoms with Crippen LogP contribution in [-0.2, 0) is 0 Å². The van der Waals surface area contributed by atoms with Gasteiger partial charge < -0.3 is 9.40 Å². The van der Waals surface area contributed by atoms with Gasteiger partial charge in [-0.25, -0.2) is 0 Å². The summed E-state index contributed by atoms with van der Waals surface area (Å²) in [5, 5.41) is 9.07. The number of aromatic amines is 1. The molecule has 30 heavy (non-hydrogen) atoms. The van der Waals surface area contributed by atoms with Gasteiger partial charge in [-0.15, -0.1) is 10.2 Å². The number of hydrogen-bond acceptors (Lipinski definition) is 5. The molecular formula is C24H17N3O2S. The zero-order valence-corrected chi connectivity index (χ0v) is 16.7. The fourth-order valence-electron chi connectivity index (χ4n) is 3.37. The summed E-state index contributed by atoms with van der Waals surface area (Å²) in [6, 6.07) is 27.0. The fraction of sp³-hybridized carbons (Fsp3) is 0.0417. The van der Waals surface area contributed by atoms with Gasteiger partial charge >= 0.3 is 0 Å². The van der Waals surface area contributed by atoms with Crippen molar-refractivity contribution < 1.29 is 9.21 Å². The van der Waals surface area contributed by atoms with Crippen molar-refractivity contribution in [1.29, 1.82) is 0 Å². The molecule has 146 valence electrons. The Labute approximate surface area is 177 Å². The molecule has 0 fully saturated rings. The van der Waals surface area contributed by atoms with E-state index in [1.807, 2.05) is 84.9 Å². The number of hydrogen-bond donors (Lipinski definition) is 1. The highest BCUT2D eigenvalue weighted by atomic mass is 32.2. The number of ketones is 1. The highest BCUT2D eigenvalue weighted by molar-refractivity contribution is 8.00. The third-order valence-corrected chi connectivity index (χ3v) is 5.93. The molecule has 0 unspecified atom stereocenters. The highest BCUT2D eigenvalue weighted by Gasteiger charge is 2.27. The maximum atomic E-state index is 13.6. The lowest BCUT2D eigenvalue weighted by atomic mass is 10.0. The Balaban J connectivity index is 1.50. The first-order valence-corrected chi connectivity index (χ1v) is 10.4. The number of nitrogens with zero attached hydrogens (tertiary/aromatic N) is 2. The topological polar surface area (TPSA) is 71.8 Å². The van der Waals surface area contributed by atoms with E-state index in [-0.39, 0.29) is 5.78 Å². The average Bonchev–Trinajstić information content (AvgIpc) is 3.45. The first-order chi connectivity index (χ1) is 14.8. The second-order valence-electron chi connectivity index (χ2n) is 6.76. The molecule has 0 aliphatic carbocycles. The summed E-state index contributed by atoms with van der Waals surface area (Å²) in [6.07, 6.45) is 1.77. The number of H-pyrrole nitrogens is 1. The number of Topliss-reactive ketones (excluding diaryl/α,β-unsaturated/α-hetero) is 1. The van der Waals surface area contributed by atoms with Crippen LogP contribution < -0.4 is 0 Å². The normalized spacial score (nSPS) is 12.1. The lowest BCUT2D eigenvalue weighted by Crippen LogP contribution is -2.09. The van der Waals surface area contributed by atoms with E-state index >= 15 is 0 Å². The molecule has 6 heteroatoms. The van der Waals surface area contributed by atoms with Crippen molar-refractivity contribution in [1.82, 2.24) is 15.2 Å². The van der Waals surface area contributed by atoms with E-state index in [9.17, 15) is 4.79 Å². The van der Waals surface area contributed by atoms with Crippen LogP contribution in [0.25, 0.3) is 22.4 Å². The molecule has 0 bridgehead atoms. The van der Waals surface area contributed by atoms with Crippen LogP contribution in [0, 0.1) is 0 Å². The van der Waals surface area contributed by atoms with Crippen LogP contribution in [-0.4, -0.2) is 21.0 Å². The van der Waals surface area contributed by atoms with Gasteiger partial charge in [-0.1, -0.05) is 66.7 Å². The van der Waals surface area contributed by atoms with Gasteiger partial charge in [-0.05, 0) is 35.5 Å². The summed E-state index contributed by atoms with van der Waals surface area (Å²) in [5.74, 6) is 0.424. The Kier molecular flexibility index (Phi) is 4.91. The second kappa shape index (κ2) is 8.00. The molecule has 5 rings (SSSR count). The van der Waals surface area contributed by atoms with Crippen molar-refractivity contribution in [3.05, 3.63) is 102 Å². The Hall–Kier alpha value is -3.64. The number of fused-ring (bicyclic) bond motifs is 1. The van der Waals surface area contributed by atoms with E-state index in [1.165, 1.54) is 11.8 Å². The third-order valence-electron chi connectivity index (χ3n) is 4.84. The van der Waals surface area contributed by atoms with E-state index in [0.29, 0.717) is 16.7 Å². The number of thioether (sulfide) groups is 1. The maximum absolute atomic E-state index is 13.6. The van der Waals surface area contributed by atoms with E-state index in [1.54, 1.807) is 6.20 Å². The zero-order valence-electron chi connectivity index (χ0n) is 15.9. The minimum atomic E-state index is -0.505. The largest absolute Gasteiger partial charge is 0.411 e. The van der Waals surface area contributed by atoms with E-state index in [0.717, 1.165) is 22.0 Å². The molecule has 1 atom stereocenters. The Morgan fingerprint density at radius 2 is 1.57 bits per heavy atom. The predicted molar refractivity (Wildman–Crippen MR) is 117 cm³/mol. The van der Waals surface area contributed by atoms with E-state index in [4.69, 9.17) is 4.42 Å². The minimum absolute atomic E-state index is 0.0110. The summed E-state index contributed by atoms with van der Waals surface area (Å²) in [6.45, 7) is 0. The number of benzene rings is 3. The van der Waals surface area contributed by atoms with Gasteiger partial charge in [-0.2, -0.15) is 0 Å². The van der Waals surface area contributed by atoms with Crippen LogP contribution in [0.5, 0.6) is 0 Å². The highest BCUT2D eigenvalue weighted by Crippen LogP contribution is 2.39. The molecule has 3 aromatic carbocycles. The molecule has 0 aliphatic rings. The molecular weight excluding hydrogens is 394 g/mol. The van der Waals surface area contributed by atoms with Crippen LogP contribution in [0.15, 0.2) is 101 Å². The first kappa shape index (κ1) is 18.4. The molecule has 0 saturated carbocycles. The van der Waals surface area contributed by atoms with Crippen molar-refractivity contribution in [3.8, 4) is 11.5 Å². The van der Waals surface area contributed by atoms with Gasteiger partial charge in [0.05, 0.1) is 0 Å². The minimum Gasteiger partial charge on any atom is -0.411 e. The van der Waals surface area contributed by atoms with E-state index < -0.39 is 5.25 Å². The number of para-hydroxylation sites is 1. The zero-order chi connectivity index (χ0) is 20.3. The van der Waals surface area contributed by atoms with Crippen molar-refractivity contribution in [3.63, 3.8) is 0 Å². The smallest absolute Gasteiger partial charge is 0.277 e. The SMILES string of the molecule is O=C(c1c[nH]c2ccccc12)[C@H](Sc1nnc(-c2ccccc2)o1)c1ccccc1. The van der Waals surface area contributed by atoms with Gasteiger partial charge in [-0.3, -0.25) is 4.79 Å². The number of carbonyl (C=O) groups excluding carboxylic acids is 1. The summed E-state index contributed by atoms with van der Waals surface area (Å²) < 4.78 is 5.86. The monoisotopic (exact) mass is 411 g/mol. The van der Waals surface area contributed by atoms with Crippen LogP contribution in [0.3, 0.4) is 0 Å². The molecule has 0 amide bonds. The molecule has 0 spiro atoms. The summed E-state index contributed by atoms with van der Waals surface area (Å²) in [7, 11) is 0. The number of aromatic nitrogens is 3. The molecule has 2 aromatic heterocycles.